The minimum Gasteiger partial charge on any atom is -0.421 e. The molecule has 0 aliphatic heterocycles. The molecule has 0 unspecified atom stereocenters. The maximum atomic E-state index is 10.8. The quantitative estimate of drug-likeness (QED) is 0.561. The van der Waals surface area contributed by atoms with Crippen molar-refractivity contribution in [3.63, 3.8) is 0 Å². The minimum absolute atomic E-state index is 0.495. The van der Waals surface area contributed by atoms with Crippen molar-refractivity contribution in [2.45, 2.75) is 20.1 Å². The van der Waals surface area contributed by atoms with Crippen LogP contribution in [0, 0.1) is 0 Å². The highest BCUT2D eigenvalue weighted by Gasteiger charge is 2.16. The number of carbonyl (C=O) groups is 2. The van der Waals surface area contributed by atoms with E-state index in [1.807, 2.05) is 6.07 Å². The predicted molar refractivity (Wildman–Crippen MR) is 52.7 cm³/mol. The van der Waals surface area contributed by atoms with Gasteiger partial charge in [0.2, 0.25) is 0 Å². The van der Waals surface area contributed by atoms with Crippen molar-refractivity contribution in [3.8, 4) is 0 Å². The average molecular weight is 208 g/mol. The number of hydrogen-bond acceptors (Lipinski definition) is 4. The molecule has 0 saturated carbocycles. The Bertz CT molecular complexity index is 329. The fraction of sp³-hybridized carbons (Fsp3) is 0.273. The lowest BCUT2D eigenvalue weighted by atomic mass is 10.2. The van der Waals surface area contributed by atoms with E-state index in [4.69, 9.17) is 9.47 Å². The van der Waals surface area contributed by atoms with Crippen molar-refractivity contribution in [1.82, 2.24) is 0 Å². The third kappa shape index (κ3) is 3.81. The first kappa shape index (κ1) is 11.2. The third-order valence-corrected chi connectivity index (χ3v) is 1.62. The smallest absolute Gasteiger partial charge is 0.305 e. The third-order valence-electron chi connectivity index (χ3n) is 1.62. The zero-order chi connectivity index (χ0) is 11.3. The Balaban J connectivity index is 2.81. The first-order valence-corrected chi connectivity index (χ1v) is 4.49. The second kappa shape index (κ2) is 5.14. The van der Waals surface area contributed by atoms with Crippen LogP contribution in [0.15, 0.2) is 30.3 Å². The summed E-state index contributed by atoms with van der Waals surface area (Å²) in [6.45, 7) is 2.53. The number of esters is 2. The van der Waals surface area contributed by atoms with Gasteiger partial charge < -0.3 is 9.47 Å². The van der Waals surface area contributed by atoms with Crippen LogP contribution in [0.4, 0.5) is 0 Å². The molecule has 0 bridgehead atoms. The standard InChI is InChI=1S/C11H12O4/c1-8(12)14-11(15-9(2)13)10-6-4-3-5-7-10/h3-7,11H,1-2H3. The van der Waals surface area contributed by atoms with Crippen LogP contribution in [-0.4, -0.2) is 11.9 Å². The van der Waals surface area contributed by atoms with Crippen molar-refractivity contribution in [3.05, 3.63) is 35.9 Å². The van der Waals surface area contributed by atoms with E-state index < -0.39 is 18.2 Å². The van der Waals surface area contributed by atoms with E-state index in [9.17, 15) is 9.59 Å². The van der Waals surface area contributed by atoms with Gasteiger partial charge in [-0.25, -0.2) is 0 Å². The second-order valence-electron chi connectivity index (χ2n) is 2.96. The Labute approximate surface area is 87.8 Å². The fourth-order valence-corrected chi connectivity index (χ4v) is 1.07. The number of ether oxygens (including phenoxy) is 2. The highest BCUT2D eigenvalue weighted by atomic mass is 16.7. The number of carbonyl (C=O) groups excluding carboxylic acids is 2. The molecule has 0 aromatic heterocycles. The molecule has 15 heavy (non-hydrogen) atoms. The topological polar surface area (TPSA) is 52.6 Å². The van der Waals surface area contributed by atoms with Crippen LogP contribution in [0.3, 0.4) is 0 Å². The van der Waals surface area contributed by atoms with Gasteiger partial charge in [0.15, 0.2) is 0 Å². The molecule has 0 aliphatic rings. The Hall–Kier alpha value is -1.84. The largest absolute Gasteiger partial charge is 0.421 e. The van der Waals surface area contributed by atoms with E-state index in [0.29, 0.717) is 5.56 Å². The zero-order valence-corrected chi connectivity index (χ0v) is 8.60. The molecule has 0 atom stereocenters. The molecule has 4 heteroatoms. The van der Waals surface area contributed by atoms with Crippen LogP contribution in [0.25, 0.3) is 0 Å². The van der Waals surface area contributed by atoms with E-state index in [-0.39, 0.29) is 0 Å². The van der Waals surface area contributed by atoms with Gasteiger partial charge in [0.1, 0.15) is 0 Å². The molecular weight excluding hydrogens is 196 g/mol. The van der Waals surface area contributed by atoms with Gasteiger partial charge in [-0.1, -0.05) is 30.3 Å². The lowest BCUT2D eigenvalue weighted by molar-refractivity contribution is -0.186. The second-order valence-corrected chi connectivity index (χ2v) is 2.96. The van der Waals surface area contributed by atoms with Gasteiger partial charge in [-0.15, -0.1) is 0 Å². The number of rotatable bonds is 3. The summed E-state index contributed by atoms with van der Waals surface area (Å²) in [5.41, 5.74) is 0.628. The molecule has 0 N–H and O–H groups in total. The van der Waals surface area contributed by atoms with Crippen LogP contribution < -0.4 is 0 Å². The first-order valence-electron chi connectivity index (χ1n) is 4.49. The average Bonchev–Trinajstić information content (AvgIpc) is 2.17. The van der Waals surface area contributed by atoms with Crippen molar-refractivity contribution in [2.75, 3.05) is 0 Å². The highest BCUT2D eigenvalue weighted by molar-refractivity contribution is 5.68. The summed E-state index contributed by atoms with van der Waals surface area (Å²) in [6, 6.07) is 8.81. The van der Waals surface area contributed by atoms with Gasteiger partial charge in [-0.3, -0.25) is 9.59 Å². The van der Waals surface area contributed by atoms with Gasteiger partial charge in [0, 0.05) is 19.4 Å². The molecule has 1 aromatic carbocycles. The SMILES string of the molecule is CC(=O)OC(OC(C)=O)c1ccccc1. The molecular formula is C11H12O4. The summed E-state index contributed by atoms with van der Waals surface area (Å²) in [4.78, 5) is 21.6. The highest BCUT2D eigenvalue weighted by Crippen LogP contribution is 2.18. The molecule has 0 amide bonds. The molecule has 80 valence electrons. The molecule has 0 fully saturated rings. The lowest BCUT2D eigenvalue weighted by Gasteiger charge is -2.16. The Kier molecular flexibility index (Phi) is 3.85. The van der Waals surface area contributed by atoms with Gasteiger partial charge in [-0.2, -0.15) is 0 Å². The Morgan fingerprint density at radius 3 is 1.87 bits per heavy atom. The van der Waals surface area contributed by atoms with Gasteiger partial charge in [0.25, 0.3) is 6.29 Å². The van der Waals surface area contributed by atoms with Crippen LogP contribution in [0.5, 0.6) is 0 Å². The van der Waals surface area contributed by atoms with E-state index in [2.05, 4.69) is 0 Å². The van der Waals surface area contributed by atoms with Crippen molar-refractivity contribution < 1.29 is 19.1 Å². The van der Waals surface area contributed by atoms with Gasteiger partial charge in [0.05, 0.1) is 0 Å². The van der Waals surface area contributed by atoms with Crippen molar-refractivity contribution in [2.24, 2.45) is 0 Å². The van der Waals surface area contributed by atoms with Gasteiger partial charge >= 0.3 is 11.9 Å². The lowest BCUT2D eigenvalue weighted by Crippen LogP contribution is -2.14. The maximum Gasteiger partial charge on any atom is 0.305 e. The molecule has 4 nitrogen and oxygen atoms in total. The van der Waals surface area contributed by atoms with Crippen LogP contribution in [0.1, 0.15) is 25.7 Å². The predicted octanol–water partition coefficient (Wildman–Crippen LogP) is 1.81. The number of hydrogen-bond donors (Lipinski definition) is 0. The number of benzene rings is 1. The van der Waals surface area contributed by atoms with E-state index in [1.54, 1.807) is 24.3 Å². The molecule has 0 saturated heterocycles. The van der Waals surface area contributed by atoms with Crippen molar-refractivity contribution >= 4 is 11.9 Å². The molecule has 0 heterocycles. The van der Waals surface area contributed by atoms with Crippen LogP contribution >= 0.6 is 0 Å². The van der Waals surface area contributed by atoms with Gasteiger partial charge in [-0.05, 0) is 0 Å². The Morgan fingerprint density at radius 2 is 1.47 bits per heavy atom. The molecule has 0 aliphatic carbocycles. The molecule has 1 aromatic rings. The Morgan fingerprint density at radius 1 is 1.00 bits per heavy atom. The molecule has 1 rings (SSSR count). The summed E-state index contributed by atoms with van der Waals surface area (Å²) >= 11 is 0. The van der Waals surface area contributed by atoms with E-state index in [1.165, 1.54) is 13.8 Å². The summed E-state index contributed by atoms with van der Waals surface area (Å²) in [6.07, 6.45) is -0.957. The normalized spacial score (nSPS) is 9.80. The summed E-state index contributed by atoms with van der Waals surface area (Å²) in [5, 5.41) is 0. The minimum atomic E-state index is -0.957. The first-order chi connectivity index (χ1) is 7.09. The molecule has 0 radical (unpaired) electrons. The van der Waals surface area contributed by atoms with Crippen LogP contribution in [-0.2, 0) is 19.1 Å². The summed E-state index contributed by atoms with van der Waals surface area (Å²) in [7, 11) is 0. The van der Waals surface area contributed by atoms with E-state index >= 15 is 0 Å². The zero-order valence-electron chi connectivity index (χ0n) is 8.60. The van der Waals surface area contributed by atoms with E-state index in [0.717, 1.165) is 0 Å². The van der Waals surface area contributed by atoms with Crippen molar-refractivity contribution in [1.29, 1.82) is 0 Å². The summed E-state index contributed by atoms with van der Waals surface area (Å²) in [5.74, 6) is -0.991. The molecule has 0 spiro atoms. The maximum absolute atomic E-state index is 10.8. The summed E-state index contributed by atoms with van der Waals surface area (Å²) < 4.78 is 9.73. The monoisotopic (exact) mass is 208 g/mol. The fourth-order valence-electron chi connectivity index (χ4n) is 1.07. The van der Waals surface area contributed by atoms with Crippen LogP contribution in [0.2, 0.25) is 0 Å².